The van der Waals surface area contributed by atoms with Gasteiger partial charge in [-0.05, 0) is 22.6 Å². The molecule has 0 aliphatic heterocycles. The van der Waals surface area contributed by atoms with E-state index in [4.69, 9.17) is 5.11 Å². The summed E-state index contributed by atoms with van der Waals surface area (Å²) in [4.78, 5) is 3.23. The summed E-state index contributed by atoms with van der Waals surface area (Å²) in [5, 5.41) is 8.68. The summed E-state index contributed by atoms with van der Waals surface area (Å²) in [5.74, 6) is -0.937. The molecular weight excluding hydrogens is 298 g/mol. The molecule has 72 valence electrons. The second-order valence-corrected chi connectivity index (χ2v) is 3.34. The quantitative estimate of drug-likeness (QED) is 0.671. The predicted octanol–water partition coefficient (Wildman–Crippen LogP) is 2.26. The molecule has 0 atom stereocenters. The molecule has 0 fully saturated rings. The van der Waals surface area contributed by atoms with Gasteiger partial charge in [0, 0.05) is 17.3 Å². The Balaban J connectivity index is 3.32. The van der Waals surface area contributed by atoms with Crippen LogP contribution in [0.15, 0.2) is 6.20 Å². The molecule has 0 saturated heterocycles. The molecule has 1 aromatic heterocycles. The van der Waals surface area contributed by atoms with E-state index in [-0.39, 0.29) is 9.13 Å². The van der Waals surface area contributed by atoms with Crippen molar-refractivity contribution in [2.24, 2.45) is 0 Å². The van der Waals surface area contributed by atoms with Crippen molar-refractivity contribution < 1.29 is 18.3 Å². The highest BCUT2D eigenvalue weighted by Gasteiger charge is 2.19. The van der Waals surface area contributed by atoms with Crippen LogP contribution in [0.2, 0.25) is 0 Å². The van der Waals surface area contributed by atoms with E-state index in [2.05, 4.69) is 4.98 Å². The highest BCUT2D eigenvalue weighted by atomic mass is 127. The number of hydrogen-bond donors (Lipinski definition) is 1. The lowest BCUT2D eigenvalue weighted by Gasteiger charge is -2.08. The Kier molecular flexibility index (Phi) is 3.48. The monoisotopic (exact) mass is 303 g/mol. The van der Waals surface area contributed by atoms with E-state index in [0.29, 0.717) is 0 Å². The Morgan fingerprint density at radius 2 is 2.15 bits per heavy atom. The second-order valence-electron chi connectivity index (χ2n) is 2.26. The summed E-state index contributed by atoms with van der Waals surface area (Å²) in [7, 11) is 0. The van der Waals surface area contributed by atoms with Crippen molar-refractivity contribution in [1.82, 2.24) is 4.98 Å². The first-order valence-electron chi connectivity index (χ1n) is 3.29. The van der Waals surface area contributed by atoms with E-state index in [1.54, 1.807) is 0 Å². The van der Waals surface area contributed by atoms with Gasteiger partial charge in [0.25, 0.3) is 6.43 Å². The molecule has 1 rings (SSSR count). The summed E-state index contributed by atoms with van der Waals surface area (Å²) in [6.45, 7) is -0.567. The van der Waals surface area contributed by atoms with E-state index in [0.717, 1.165) is 6.20 Å². The van der Waals surface area contributed by atoms with E-state index in [9.17, 15) is 13.2 Å². The molecule has 1 N–H and O–H groups in total. The van der Waals surface area contributed by atoms with Gasteiger partial charge in [0.15, 0.2) is 0 Å². The van der Waals surface area contributed by atoms with Gasteiger partial charge in [-0.2, -0.15) is 4.39 Å². The van der Waals surface area contributed by atoms with E-state index >= 15 is 0 Å². The van der Waals surface area contributed by atoms with Crippen molar-refractivity contribution in [3.63, 3.8) is 0 Å². The van der Waals surface area contributed by atoms with Crippen LogP contribution in [0.5, 0.6) is 0 Å². The number of aliphatic hydroxyl groups is 1. The zero-order chi connectivity index (χ0) is 10.0. The minimum Gasteiger partial charge on any atom is -0.392 e. The zero-order valence-corrected chi connectivity index (χ0v) is 8.43. The zero-order valence-electron chi connectivity index (χ0n) is 6.27. The summed E-state index contributed by atoms with van der Waals surface area (Å²) in [6, 6.07) is 0. The molecule has 13 heavy (non-hydrogen) atoms. The molecule has 0 amide bonds. The number of hydrogen-bond acceptors (Lipinski definition) is 2. The minimum absolute atomic E-state index is 0.0409. The molecule has 1 heterocycles. The lowest BCUT2D eigenvalue weighted by molar-refractivity contribution is 0.145. The second kappa shape index (κ2) is 4.23. The normalized spacial score (nSPS) is 10.9. The Morgan fingerprint density at radius 3 is 2.62 bits per heavy atom. The van der Waals surface area contributed by atoms with Crippen molar-refractivity contribution in [2.45, 2.75) is 13.0 Å². The molecule has 0 bridgehead atoms. The fraction of sp³-hybridized carbons (Fsp3) is 0.286. The Morgan fingerprint density at radius 1 is 1.54 bits per heavy atom. The molecule has 2 nitrogen and oxygen atoms in total. The maximum Gasteiger partial charge on any atom is 0.265 e. The van der Waals surface area contributed by atoms with Gasteiger partial charge in [-0.15, -0.1) is 0 Å². The fourth-order valence-corrected chi connectivity index (χ4v) is 1.60. The summed E-state index contributed by atoms with van der Waals surface area (Å²) in [6.07, 6.45) is -1.88. The summed E-state index contributed by atoms with van der Waals surface area (Å²) < 4.78 is 37.2. The topological polar surface area (TPSA) is 33.1 Å². The highest BCUT2D eigenvalue weighted by Crippen LogP contribution is 2.28. The van der Waals surface area contributed by atoms with Crippen LogP contribution in [0.25, 0.3) is 0 Å². The number of pyridine rings is 1. The summed E-state index contributed by atoms with van der Waals surface area (Å²) >= 11 is 1.44. The molecular formula is C7H5F3INO. The average Bonchev–Trinajstić information content (AvgIpc) is 2.08. The van der Waals surface area contributed by atoms with Gasteiger partial charge in [0.1, 0.15) is 0 Å². The van der Waals surface area contributed by atoms with Crippen LogP contribution in [0.3, 0.4) is 0 Å². The minimum atomic E-state index is -2.80. The van der Waals surface area contributed by atoms with Gasteiger partial charge in [0.05, 0.1) is 10.2 Å². The van der Waals surface area contributed by atoms with Crippen LogP contribution in [-0.2, 0) is 6.61 Å². The predicted molar refractivity (Wildman–Crippen MR) is 47.8 cm³/mol. The lowest BCUT2D eigenvalue weighted by atomic mass is 10.1. The molecule has 0 unspecified atom stereocenters. The van der Waals surface area contributed by atoms with Gasteiger partial charge in [0.2, 0.25) is 5.95 Å². The first-order chi connectivity index (χ1) is 6.07. The first kappa shape index (κ1) is 10.7. The van der Waals surface area contributed by atoms with Crippen molar-refractivity contribution in [3.05, 3.63) is 26.8 Å². The van der Waals surface area contributed by atoms with E-state index in [1.165, 1.54) is 22.6 Å². The standard InChI is InChI=1S/C7H5F3INO/c8-6(9)4-3(2-13)1-12-7(10)5(4)11/h1,6,13H,2H2. The Bertz CT molecular complexity index is 319. The van der Waals surface area contributed by atoms with Crippen molar-refractivity contribution >= 4 is 22.6 Å². The molecule has 0 aliphatic rings. The molecule has 6 heteroatoms. The molecule has 0 saturated carbocycles. The maximum atomic E-state index is 12.7. The average molecular weight is 303 g/mol. The summed E-state index contributed by atoms with van der Waals surface area (Å²) in [5.41, 5.74) is -0.517. The van der Waals surface area contributed by atoms with Gasteiger partial charge in [-0.3, -0.25) is 0 Å². The molecule has 0 radical (unpaired) electrons. The van der Waals surface area contributed by atoms with E-state index in [1.807, 2.05) is 0 Å². The van der Waals surface area contributed by atoms with E-state index < -0.39 is 24.5 Å². The third kappa shape index (κ3) is 2.11. The Labute approximate surface area is 85.9 Å². The maximum absolute atomic E-state index is 12.7. The van der Waals surface area contributed by atoms with Crippen LogP contribution in [0.1, 0.15) is 17.6 Å². The number of halogens is 4. The number of rotatable bonds is 2. The highest BCUT2D eigenvalue weighted by molar-refractivity contribution is 14.1. The Hall–Kier alpha value is -0.370. The number of aliphatic hydroxyl groups excluding tert-OH is 1. The molecule has 1 aromatic rings. The van der Waals surface area contributed by atoms with Gasteiger partial charge >= 0.3 is 0 Å². The van der Waals surface area contributed by atoms with Crippen LogP contribution in [-0.4, -0.2) is 10.1 Å². The van der Waals surface area contributed by atoms with Crippen LogP contribution >= 0.6 is 22.6 Å². The molecule has 0 aliphatic carbocycles. The third-order valence-electron chi connectivity index (χ3n) is 1.49. The lowest BCUT2D eigenvalue weighted by Crippen LogP contribution is -2.03. The third-order valence-corrected chi connectivity index (χ3v) is 2.51. The largest absolute Gasteiger partial charge is 0.392 e. The van der Waals surface area contributed by atoms with Crippen LogP contribution in [0, 0.1) is 9.52 Å². The van der Waals surface area contributed by atoms with Crippen molar-refractivity contribution in [3.8, 4) is 0 Å². The molecule has 0 spiro atoms. The first-order valence-corrected chi connectivity index (χ1v) is 4.37. The number of aromatic nitrogens is 1. The SMILES string of the molecule is OCc1cnc(F)c(I)c1C(F)F. The van der Waals surface area contributed by atoms with Crippen LogP contribution < -0.4 is 0 Å². The number of nitrogens with zero attached hydrogens (tertiary/aromatic N) is 1. The smallest absolute Gasteiger partial charge is 0.265 e. The van der Waals surface area contributed by atoms with Gasteiger partial charge in [-0.25, -0.2) is 13.8 Å². The van der Waals surface area contributed by atoms with Crippen molar-refractivity contribution in [2.75, 3.05) is 0 Å². The van der Waals surface area contributed by atoms with Gasteiger partial charge in [-0.1, -0.05) is 0 Å². The van der Waals surface area contributed by atoms with Crippen molar-refractivity contribution in [1.29, 1.82) is 0 Å². The van der Waals surface area contributed by atoms with Crippen LogP contribution in [0.4, 0.5) is 13.2 Å². The molecule has 0 aromatic carbocycles. The van der Waals surface area contributed by atoms with Gasteiger partial charge < -0.3 is 5.11 Å². The fourth-order valence-electron chi connectivity index (χ4n) is 0.875. The number of alkyl halides is 2.